The largest absolute Gasteiger partial charge is 0.490 e. The van der Waals surface area contributed by atoms with Crippen molar-refractivity contribution < 1.29 is 38.4 Å². The van der Waals surface area contributed by atoms with Crippen molar-refractivity contribution in [2.75, 3.05) is 130 Å². The standard InChI is InChI=1S/C26H30N6O5S.C19H29N5OS2.C9H8BrNO4.H3P/c1-36-22-7-2-17(16-21(22)32(34)35)23(33)24-25(27)29-26(38-24)28-18-3-5-19(6-4-18)30-10-8-20(9-11-30)31-12-14-37-15-13-31;1-2-27-18(20)22-19(26)21-15-3-5-16(6-4-15)23-9-7-17(8-10-23)24-11-13-25-14-12-24;1-15-9-3-2-6(8(12)5-10)4-7(9)11(13)14;/h2-7,16,20H,8-15,27H2,1H3,(H,28,29);3-6,17H,2,7-14H2,1H3,(H3,20,21,22,26);2-4H,5H2,1H3;1H3. The maximum Gasteiger partial charge on any atom is 0.311 e. The Balaban J connectivity index is 0.000000214. The molecule has 0 saturated carbocycles. The molecule has 4 aliphatic heterocycles. The van der Waals surface area contributed by atoms with Gasteiger partial charge in [0, 0.05) is 110 Å². The molecule has 4 aliphatic rings. The van der Waals surface area contributed by atoms with Gasteiger partial charge in [-0.25, -0.2) is 4.98 Å². The van der Waals surface area contributed by atoms with E-state index in [0.29, 0.717) is 33.1 Å². The summed E-state index contributed by atoms with van der Waals surface area (Å²) in [4.78, 5) is 63.8. The monoisotopic (exact) mass is 1250 g/mol. The van der Waals surface area contributed by atoms with Gasteiger partial charge in [0.05, 0.1) is 55.8 Å². The van der Waals surface area contributed by atoms with Crippen LogP contribution >= 0.6 is 61.1 Å². The zero-order valence-corrected chi connectivity index (χ0v) is 51.0. The van der Waals surface area contributed by atoms with E-state index in [9.17, 15) is 29.8 Å². The Morgan fingerprint density at radius 1 is 0.765 bits per heavy atom. The van der Waals surface area contributed by atoms with Gasteiger partial charge in [-0.1, -0.05) is 46.0 Å². The molecule has 4 fully saturated rings. The normalized spacial score (nSPS) is 16.3. The molecule has 0 bridgehead atoms. The van der Waals surface area contributed by atoms with Crippen molar-refractivity contribution in [2.45, 2.75) is 44.7 Å². The third-order valence-electron chi connectivity index (χ3n) is 13.8. The molecule has 1 unspecified atom stereocenters. The van der Waals surface area contributed by atoms with Crippen molar-refractivity contribution in [3.8, 4) is 11.5 Å². The number of thioether (sulfide) groups is 1. The summed E-state index contributed by atoms with van der Waals surface area (Å²) in [7, 11) is 2.68. The van der Waals surface area contributed by atoms with Gasteiger partial charge in [-0.3, -0.25) is 39.6 Å². The van der Waals surface area contributed by atoms with Crippen LogP contribution < -0.4 is 41.4 Å². The summed E-state index contributed by atoms with van der Waals surface area (Å²) in [5.74, 6) is 0.535. The molecule has 81 heavy (non-hydrogen) atoms. The van der Waals surface area contributed by atoms with Gasteiger partial charge in [-0.15, -0.1) is 0 Å². The van der Waals surface area contributed by atoms with E-state index in [1.54, 1.807) is 0 Å². The first-order chi connectivity index (χ1) is 38.7. The highest BCUT2D eigenvalue weighted by atomic mass is 79.9. The number of amidine groups is 1. The lowest BCUT2D eigenvalue weighted by Crippen LogP contribution is -2.49. The first kappa shape index (κ1) is 64.1. The third-order valence-corrected chi connectivity index (χ3v) is 16.2. The number of hydrogen-bond donors (Lipinski definition) is 4. The number of carbonyl (C=O) groups excluding carboxylic acids is 2. The lowest BCUT2D eigenvalue weighted by Gasteiger charge is -2.40. The number of benzene rings is 4. The topological polar surface area (TPSA) is 272 Å². The lowest BCUT2D eigenvalue weighted by atomic mass is 10.0. The number of ether oxygens (including phenoxy) is 4. The van der Waals surface area contributed by atoms with Crippen molar-refractivity contribution in [1.82, 2.24) is 14.8 Å². The Hall–Kier alpha value is -6.09. The van der Waals surface area contributed by atoms with E-state index in [1.165, 1.54) is 86.6 Å². The molecule has 5 aromatic rings. The number of piperidine rings is 2. The van der Waals surface area contributed by atoms with Gasteiger partial charge in [0.1, 0.15) is 10.7 Å². The number of hydrogen-bond acceptors (Lipinski definition) is 20. The molecule has 0 spiro atoms. The van der Waals surface area contributed by atoms with Crippen LogP contribution in [0.1, 0.15) is 58.2 Å². The SMILES string of the molecule is CCSC(N)=NC(=S)Nc1ccc(N2CCC(N3CCOCC3)CC2)cc1.COc1ccc(C(=O)CBr)cc1[N+](=O)[O-].COc1ccc(C(=O)c2sc(Nc3ccc(N4CCC(N5CCOCC5)CC4)cc3)nc2N)cc1[N+](=O)[O-].P. The number of nitro benzene ring substituents is 2. The summed E-state index contributed by atoms with van der Waals surface area (Å²) in [6.45, 7) is 13.9. The molecule has 4 saturated heterocycles. The summed E-state index contributed by atoms with van der Waals surface area (Å²) in [6.07, 6.45) is 4.72. The minimum absolute atomic E-state index is 0. The molecule has 1 atom stereocenters. The minimum Gasteiger partial charge on any atom is -0.490 e. The number of methoxy groups -OCH3 is 2. The molecule has 0 aliphatic carbocycles. The van der Waals surface area contributed by atoms with Crippen LogP contribution in [0.3, 0.4) is 0 Å². The number of nitrogen functional groups attached to an aromatic ring is 1. The van der Waals surface area contributed by atoms with Crippen molar-refractivity contribution in [2.24, 2.45) is 10.7 Å². The number of aliphatic imine (C=N–C) groups is 1. The molecule has 0 radical (unpaired) electrons. The average Bonchev–Trinajstić information content (AvgIpc) is 3.89. The molecule has 6 N–H and O–H groups in total. The van der Waals surface area contributed by atoms with Gasteiger partial charge < -0.3 is 50.8 Å². The van der Waals surface area contributed by atoms with Crippen LogP contribution in [0.15, 0.2) is 89.9 Å². The number of aromatic nitrogens is 1. The first-order valence-corrected chi connectivity index (χ1v) is 29.4. The number of rotatable bonds is 16. The average molecular weight is 1250 g/mol. The highest BCUT2D eigenvalue weighted by Gasteiger charge is 2.28. The predicted octanol–water partition coefficient (Wildman–Crippen LogP) is 8.91. The molecule has 0 amide bonds. The van der Waals surface area contributed by atoms with E-state index in [-0.39, 0.29) is 60.1 Å². The van der Waals surface area contributed by atoms with Crippen molar-refractivity contribution in [3.05, 3.63) is 121 Å². The van der Waals surface area contributed by atoms with Crippen LogP contribution in [-0.2, 0) is 9.47 Å². The van der Waals surface area contributed by atoms with E-state index in [2.05, 4.69) is 80.4 Å². The Morgan fingerprint density at radius 2 is 1.22 bits per heavy atom. The van der Waals surface area contributed by atoms with Gasteiger partial charge >= 0.3 is 11.4 Å². The quantitative estimate of drug-likeness (QED) is 0.0105. The number of ketones is 2. The highest BCUT2D eigenvalue weighted by molar-refractivity contribution is 9.09. The second kappa shape index (κ2) is 31.9. The van der Waals surface area contributed by atoms with Gasteiger partial charge in [0.15, 0.2) is 32.7 Å². The zero-order valence-electron chi connectivity index (χ0n) is 45.6. The minimum atomic E-state index is -0.589. The second-order valence-corrected chi connectivity index (χ2v) is 21.9. The molecule has 22 nitrogen and oxygen atoms in total. The summed E-state index contributed by atoms with van der Waals surface area (Å²) < 4.78 is 20.8. The molecule has 4 aromatic carbocycles. The molecule has 27 heteroatoms. The van der Waals surface area contributed by atoms with Crippen LogP contribution in [0.5, 0.6) is 11.5 Å². The fourth-order valence-corrected chi connectivity index (χ4v) is 11.6. The number of alkyl halides is 1. The molecular weight excluding hydrogens is 1180 g/mol. The highest BCUT2D eigenvalue weighted by Crippen LogP contribution is 2.34. The summed E-state index contributed by atoms with van der Waals surface area (Å²) in [5, 5.41) is 29.8. The Labute approximate surface area is 496 Å². The smallest absolute Gasteiger partial charge is 0.311 e. The van der Waals surface area contributed by atoms with Crippen LogP contribution in [0.25, 0.3) is 0 Å². The van der Waals surface area contributed by atoms with Gasteiger partial charge in [0.25, 0.3) is 0 Å². The summed E-state index contributed by atoms with van der Waals surface area (Å²) >= 11 is 10.8. The van der Waals surface area contributed by atoms with Gasteiger partial charge in [-0.2, -0.15) is 14.9 Å². The Kier molecular flexibility index (Phi) is 25.3. The van der Waals surface area contributed by atoms with E-state index in [4.69, 9.17) is 42.6 Å². The predicted molar refractivity (Wildman–Crippen MR) is 336 cm³/mol. The van der Waals surface area contributed by atoms with E-state index < -0.39 is 15.6 Å². The van der Waals surface area contributed by atoms with Crippen molar-refractivity contribution in [1.29, 1.82) is 0 Å². The molecule has 9 rings (SSSR count). The Bertz CT molecular complexity index is 2940. The summed E-state index contributed by atoms with van der Waals surface area (Å²) in [6, 6.07) is 26.0. The number of thiazole rings is 1. The molecule has 5 heterocycles. The number of thiocarbonyl (C=S) groups is 1. The maximum absolute atomic E-state index is 13.0. The summed E-state index contributed by atoms with van der Waals surface area (Å²) in [5.41, 5.74) is 16.0. The number of carbonyl (C=O) groups is 2. The number of Topliss-reactive ketones (excluding diaryl/α,β-unsaturated/α-hetero) is 1. The Morgan fingerprint density at radius 3 is 1.67 bits per heavy atom. The number of anilines is 6. The van der Waals surface area contributed by atoms with Crippen LogP contribution in [0.2, 0.25) is 0 Å². The second-order valence-electron chi connectivity index (χ2n) is 18.7. The number of nitrogens with one attached hydrogen (secondary N) is 2. The number of nitrogens with zero attached hydrogens (tertiary/aromatic N) is 8. The number of halogens is 1. The van der Waals surface area contributed by atoms with E-state index >= 15 is 0 Å². The van der Waals surface area contributed by atoms with Crippen molar-refractivity contribution >= 4 is 128 Å². The van der Waals surface area contributed by atoms with Crippen molar-refractivity contribution in [3.63, 3.8) is 0 Å². The fraction of sp³-hybridized carbons (Fsp3) is 0.426. The third kappa shape index (κ3) is 18.2. The van der Waals surface area contributed by atoms with Gasteiger partial charge in [-0.05, 0) is 116 Å². The number of nitrogens with two attached hydrogens (primary N) is 2. The number of morpholine rings is 2. The van der Waals surface area contributed by atoms with Crippen LogP contribution in [-0.4, -0.2) is 163 Å². The van der Waals surface area contributed by atoms with E-state index in [0.717, 1.165) is 120 Å². The van der Waals surface area contributed by atoms with Crippen LogP contribution in [0, 0.1) is 20.2 Å². The fourth-order valence-electron chi connectivity index (χ4n) is 9.67. The van der Waals surface area contributed by atoms with Crippen LogP contribution in [0.4, 0.5) is 45.1 Å². The molecule has 436 valence electrons. The lowest BCUT2D eigenvalue weighted by molar-refractivity contribution is -0.385. The zero-order chi connectivity index (χ0) is 57.1. The van der Waals surface area contributed by atoms with E-state index in [1.807, 2.05) is 31.2 Å². The number of nitro groups is 2. The maximum atomic E-state index is 13.0. The van der Waals surface area contributed by atoms with Gasteiger partial charge in [0.2, 0.25) is 5.78 Å². The first-order valence-electron chi connectivity index (χ1n) is 26.1. The molecular formula is C54H70BrN12O10PS3. The molecule has 1 aromatic heterocycles.